The molecule has 8 N–H and O–H groups in total. The first-order chi connectivity index (χ1) is 22.3. The number of nitrogens with zero attached hydrogens (tertiary/aromatic N) is 3. The fourth-order valence-electron chi connectivity index (χ4n) is 5.85. The Labute approximate surface area is 280 Å². The number of anilines is 1. The third-order valence-electron chi connectivity index (χ3n) is 8.56. The third kappa shape index (κ3) is 9.22. The average Bonchev–Trinajstić information content (AvgIpc) is 3.63. The first kappa shape index (κ1) is 35.2. The number of nitrogens with two attached hydrogens (primary N) is 2. The van der Waals surface area contributed by atoms with Crippen molar-refractivity contribution in [3.05, 3.63) is 83.4 Å². The number of carbonyl (C=O) groups excluding carboxylic acids is 3. The van der Waals surface area contributed by atoms with Gasteiger partial charge < -0.3 is 27.4 Å². The van der Waals surface area contributed by atoms with E-state index in [1.165, 1.54) is 0 Å². The van der Waals surface area contributed by atoms with Crippen LogP contribution in [0.4, 0.5) is 5.69 Å². The van der Waals surface area contributed by atoms with E-state index in [0.29, 0.717) is 49.0 Å². The van der Waals surface area contributed by atoms with Crippen LogP contribution >= 0.6 is 12.4 Å². The summed E-state index contributed by atoms with van der Waals surface area (Å²) in [5.41, 5.74) is 17.1. The normalized spacial score (nSPS) is 16.4. The number of aromatic nitrogens is 4. The number of rotatable bonds is 12. The lowest BCUT2D eigenvalue weighted by atomic mass is 9.81. The summed E-state index contributed by atoms with van der Waals surface area (Å²) in [7, 11) is 0. The number of nitrogens with one attached hydrogen (secondary N) is 4. The smallest absolute Gasteiger partial charge is 0.251 e. The van der Waals surface area contributed by atoms with E-state index in [9.17, 15) is 14.4 Å². The van der Waals surface area contributed by atoms with E-state index in [1.54, 1.807) is 30.3 Å². The summed E-state index contributed by atoms with van der Waals surface area (Å²) >= 11 is 0. The topological polar surface area (TPSA) is 194 Å². The van der Waals surface area contributed by atoms with Gasteiger partial charge >= 0.3 is 0 Å². The van der Waals surface area contributed by atoms with Gasteiger partial charge in [0.05, 0.1) is 0 Å². The monoisotopic (exact) mass is 659 g/mol. The first-order valence-electron chi connectivity index (χ1n) is 15.7. The van der Waals surface area contributed by atoms with Gasteiger partial charge in [0.15, 0.2) is 0 Å². The Bertz CT molecular complexity index is 1620. The van der Waals surface area contributed by atoms with Gasteiger partial charge in [-0.2, -0.15) is 5.21 Å². The van der Waals surface area contributed by atoms with Crippen molar-refractivity contribution >= 4 is 35.8 Å². The van der Waals surface area contributed by atoms with Crippen molar-refractivity contribution in [2.75, 3.05) is 25.0 Å². The standard InChI is InChI=1S/C34H41N9O3.ClH/c1-21-18-27(32(44)37-17-16-35)12-15-29(21)24-6-2-22(3-7-24)19-30(39-33(45)26-8-4-23(20-36)5-9-26)34(46)38-28-13-10-25(11-14-28)31-40-42-43-41-31;/h2-3,6-7,10-15,18,23,26,30H,4-5,8-9,16-17,19-20,35-36H2,1H3,(H,37,44)(H,38,46)(H,39,45)(H,40,41,42,43);1H/t23?,26?,30-;/m0./s1. The minimum absolute atomic E-state index is 0. The van der Waals surface area contributed by atoms with E-state index in [-0.39, 0.29) is 36.0 Å². The number of carbonyl (C=O) groups is 3. The van der Waals surface area contributed by atoms with Gasteiger partial charge in [-0.1, -0.05) is 30.3 Å². The number of benzene rings is 3. The van der Waals surface area contributed by atoms with E-state index in [1.807, 2.05) is 43.3 Å². The van der Waals surface area contributed by atoms with Crippen LogP contribution in [0.2, 0.25) is 0 Å². The van der Waals surface area contributed by atoms with E-state index in [0.717, 1.165) is 53.5 Å². The minimum atomic E-state index is -0.782. The highest BCUT2D eigenvalue weighted by Gasteiger charge is 2.29. The summed E-state index contributed by atoms with van der Waals surface area (Å²) in [4.78, 5) is 39.3. The van der Waals surface area contributed by atoms with Crippen molar-refractivity contribution in [1.29, 1.82) is 0 Å². The number of aromatic amines is 1. The number of amides is 3. The molecule has 0 radical (unpaired) electrons. The van der Waals surface area contributed by atoms with Crippen molar-refractivity contribution in [3.8, 4) is 22.5 Å². The van der Waals surface area contributed by atoms with Crippen molar-refractivity contribution in [3.63, 3.8) is 0 Å². The lowest BCUT2D eigenvalue weighted by molar-refractivity contribution is -0.130. The van der Waals surface area contributed by atoms with Gasteiger partial charge in [0, 0.05) is 42.2 Å². The zero-order valence-corrected chi connectivity index (χ0v) is 27.2. The highest BCUT2D eigenvalue weighted by Crippen LogP contribution is 2.29. The van der Waals surface area contributed by atoms with Gasteiger partial charge in [0.2, 0.25) is 17.6 Å². The lowest BCUT2D eigenvalue weighted by Crippen LogP contribution is -2.48. The molecule has 0 spiro atoms. The average molecular weight is 660 g/mol. The van der Waals surface area contributed by atoms with Crippen LogP contribution in [-0.2, 0) is 16.0 Å². The van der Waals surface area contributed by atoms with Gasteiger partial charge in [-0.25, -0.2) is 0 Å². The van der Waals surface area contributed by atoms with E-state index in [4.69, 9.17) is 11.5 Å². The molecule has 0 unspecified atom stereocenters. The molecule has 13 heteroatoms. The summed E-state index contributed by atoms with van der Waals surface area (Å²) in [6.07, 6.45) is 3.68. The maximum atomic E-state index is 13.6. The second kappa shape index (κ2) is 16.8. The fourth-order valence-corrected chi connectivity index (χ4v) is 5.85. The molecule has 4 aromatic rings. The Morgan fingerprint density at radius 1 is 0.936 bits per heavy atom. The third-order valence-corrected chi connectivity index (χ3v) is 8.56. The summed E-state index contributed by atoms with van der Waals surface area (Å²) in [5.74, 6) is 0.195. The molecule has 0 aliphatic heterocycles. The molecule has 0 bridgehead atoms. The lowest BCUT2D eigenvalue weighted by Gasteiger charge is -2.28. The summed E-state index contributed by atoms with van der Waals surface area (Å²) < 4.78 is 0. The van der Waals surface area contributed by atoms with Gasteiger partial charge in [-0.3, -0.25) is 14.4 Å². The van der Waals surface area contributed by atoms with Crippen molar-refractivity contribution in [2.24, 2.45) is 23.3 Å². The van der Waals surface area contributed by atoms with Crippen LogP contribution in [0, 0.1) is 18.8 Å². The van der Waals surface area contributed by atoms with Crippen LogP contribution in [0.3, 0.4) is 0 Å². The summed E-state index contributed by atoms with van der Waals surface area (Å²) in [6.45, 7) is 3.40. The van der Waals surface area contributed by atoms with Crippen LogP contribution in [0.5, 0.6) is 0 Å². The Morgan fingerprint density at radius 3 is 2.26 bits per heavy atom. The Hall–Kier alpha value is -4.65. The predicted octanol–water partition coefficient (Wildman–Crippen LogP) is 3.38. The molecule has 5 rings (SSSR count). The highest BCUT2D eigenvalue weighted by molar-refractivity contribution is 5.98. The molecule has 3 amide bonds. The quantitative estimate of drug-likeness (QED) is 0.133. The molecule has 1 saturated carbocycles. The van der Waals surface area contributed by atoms with Gasteiger partial charge in [-0.15, -0.1) is 22.6 Å². The Balaban J connectivity index is 0.00000500. The summed E-state index contributed by atoms with van der Waals surface area (Å²) in [5, 5.41) is 22.8. The Kier molecular flexibility index (Phi) is 12.6. The van der Waals surface area contributed by atoms with Crippen LogP contribution in [0.1, 0.15) is 47.2 Å². The molecular weight excluding hydrogens is 618 g/mol. The van der Waals surface area contributed by atoms with Crippen molar-refractivity contribution < 1.29 is 14.4 Å². The van der Waals surface area contributed by atoms with Crippen LogP contribution in [0.15, 0.2) is 66.7 Å². The molecule has 1 aromatic heterocycles. The molecule has 12 nitrogen and oxygen atoms in total. The zero-order valence-electron chi connectivity index (χ0n) is 26.4. The van der Waals surface area contributed by atoms with Crippen molar-refractivity contribution in [1.82, 2.24) is 31.3 Å². The summed E-state index contributed by atoms with van der Waals surface area (Å²) in [6, 6.07) is 19.9. The molecule has 3 aromatic carbocycles. The molecule has 1 aliphatic rings. The van der Waals surface area contributed by atoms with Gasteiger partial charge in [-0.05, 0) is 109 Å². The molecule has 0 saturated heterocycles. The second-order valence-corrected chi connectivity index (χ2v) is 11.8. The Morgan fingerprint density at radius 2 is 1.64 bits per heavy atom. The van der Waals surface area contributed by atoms with E-state index >= 15 is 0 Å². The highest BCUT2D eigenvalue weighted by atomic mass is 35.5. The van der Waals surface area contributed by atoms with Crippen LogP contribution < -0.4 is 27.4 Å². The molecule has 1 heterocycles. The minimum Gasteiger partial charge on any atom is -0.351 e. The zero-order chi connectivity index (χ0) is 32.5. The van der Waals surface area contributed by atoms with E-state index in [2.05, 4.69) is 36.6 Å². The maximum absolute atomic E-state index is 13.6. The van der Waals surface area contributed by atoms with E-state index < -0.39 is 6.04 Å². The number of halogens is 1. The molecule has 1 fully saturated rings. The van der Waals surface area contributed by atoms with Gasteiger partial charge in [0.1, 0.15) is 6.04 Å². The molecule has 248 valence electrons. The van der Waals surface area contributed by atoms with Gasteiger partial charge in [0.25, 0.3) is 5.91 Å². The number of H-pyrrole nitrogens is 1. The van der Waals surface area contributed by atoms with Crippen LogP contribution in [-0.4, -0.2) is 64.0 Å². The molecule has 1 atom stereocenters. The maximum Gasteiger partial charge on any atom is 0.251 e. The number of hydrogen-bond acceptors (Lipinski definition) is 8. The second-order valence-electron chi connectivity index (χ2n) is 11.8. The molecular formula is C34H42ClN9O3. The largest absolute Gasteiger partial charge is 0.351 e. The number of aryl methyl sites for hydroxylation is 1. The SMILES string of the molecule is Cc1cc(C(=O)NCCN)ccc1-c1ccc(C[C@H](NC(=O)C2CCC(CN)CC2)C(=O)Nc2ccc(-c3nn[nH]n3)cc2)cc1.Cl. The molecule has 1 aliphatic carbocycles. The van der Waals surface area contributed by atoms with Crippen LogP contribution in [0.25, 0.3) is 22.5 Å². The predicted molar refractivity (Wildman–Crippen MR) is 184 cm³/mol. The van der Waals surface area contributed by atoms with Crippen molar-refractivity contribution in [2.45, 2.75) is 45.1 Å². The fraction of sp³-hybridized carbons (Fsp3) is 0.353. The number of hydrogen-bond donors (Lipinski definition) is 6. The first-order valence-corrected chi connectivity index (χ1v) is 15.7. The molecule has 47 heavy (non-hydrogen) atoms. The number of tetrazole rings is 1.